The predicted octanol–water partition coefficient (Wildman–Crippen LogP) is 10.0. The summed E-state index contributed by atoms with van der Waals surface area (Å²) in [5, 5.41) is 22.3. The normalized spacial score (nSPS) is 15.0. The molecule has 0 spiro atoms. The minimum absolute atomic E-state index is 0. The Morgan fingerprint density at radius 1 is 0.766 bits per heavy atom. The fourth-order valence-electron chi connectivity index (χ4n) is 12.4. The Morgan fingerprint density at radius 2 is 1.53 bits per heavy atom. The number of likely N-dealkylation sites (N-methyl/N-ethyl adjacent to an activating group) is 1. The molecule has 2 fully saturated rings. The topological polar surface area (TPSA) is 216 Å². The summed E-state index contributed by atoms with van der Waals surface area (Å²) >= 11 is 1.12. The van der Waals surface area contributed by atoms with Gasteiger partial charge in [0.1, 0.15) is 34.2 Å². The number of H-pyrrole nitrogens is 1. The zero-order valence-electron chi connectivity index (χ0n) is 52.7. The van der Waals surface area contributed by atoms with Crippen molar-refractivity contribution in [3.05, 3.63) is 204 Å². The number of benzene rings is 5. The van der Waals surface area contributed by atoms with Crippen LogP contribution in [-0.4, -0.2) is 151 Å². The van der Waals surface area contributed by atoms with Crippen LogP contribution in [0.25, 0.3) is 54.5 Å². The fourth-order valence-corrected chi connectivity index (χ4v) is 13.3. The van der Waals surface area contributed by atoms with E-state index in [1.54, 1.807) is 12.1 Å². The molecule has 10 aromatic rings. The first kappa shape index (κ1) is 70.5. The number of carbonyl (C=O) groups is 2. The Hall–Kier alpha value is -7.81. The molecule has 2 aliphatic rings. The zero-order valence-corrected chi connectivity index (χ0v) is 57.0. The highest BCUT2D eigenvalue weighted by Gasteiger charge is 2.29. The van der Waals surface area contributed by atoms with Crippen LogP contribution in [0, 0.1) is 11.6 Å². The molecule has 1 saturated carbocycles. The number of phenols is 1. The van der Waals surface area contributed by atoms with Gasteiger partial charge in [-0.2, -0.15) is 0 Å². The van der Waals surface area contributed by atoms with Crippen molar-refractivity contribution < 1.29 is 28.2 Å². The van der Waals surface area contributed by atoms with Gasteiger partial charge < -0.3 is 45.0 Å². The number of thiazole rings is 1. The second-order valence-electron chi connectivity index (χ2n) is 23.4. The van der Waals surface area contributed by atoms with Crippen LogP contribution in [0.15, 0.2) is 154 Å². The highest BCUT2D eigenvalue weighted by atomic mass is 79.9. The number of piperazine rings is 1. The van der Waals surface area contributed by atoms with E-state index < -0.39 is 28.9 Å². The number of pyridine rings is 2. The Kier molecular flexibility index (Phi) is 25.2. The number of halogens is 4. The third-order valence-electron chi connectivity index (χ3n) is 17.5. The van der Waals surface area contributed by atoms with E-state index in [9.17, 15) is 37.9 Å². The van der Waals surface area contributed by atoms with E-state index in [0.717, 1.165) is 110 Å². The predicted molar refractivity (Wildman–Crippen MR) is 378 cm³/mol. The Morgan fingerprint density at radius 3 is 2.32 bits per heavy atom. The van der Waals surface area contributed by atoms with Gasteiger partial charge in [0.2, 0.25) is 5.91 Å². The maximum atomic E-state index is 14.5. The fraction of sp³-hybridized carbons (Fsp3) is 0.357. The van der Waals surface area contributed by atoms with Crippen molar-refractivity contribution in [3.8, 4) is 22.6 Å². The number of imidazole rings is 1. The number of hydrogen-bond donors (Lipinski definition) is 5. The quantitative estimate of drug-likeness (QED) is 0.0357. The number of carbonyl (C=O) groups excluding carboxylic acids is 2. The molecular formula is C70H80Br2F2N12O7S. The van der Waals surface area contributed by atoms with Crippen LogP contribution in [0.2, 0.25) is 0 Å². The minimum atomic E-state index is -0.674. The van der Waals surface area contributed by atoms with Crippen molar-refractivity contribution in [2.24, 2.45) is 0 Å². The second kappa shape index (κ2) is 33.5. The van der Waals surface area contributed by atoms with Crippen LogP contribution in [-0.2, 0) is 28.9 Å². The smallest absolute Gasteiger partial charge is 0.337 e. The summed E-state index contributed by atoms with van der Waals surface area (Å²) in [6.45, 7) is 15.6. The summed E-state index contributed by atoms with van der Waals surface area (Å²) in [6, 6.07) is 37.3. The number of aromatic amines is 1. The molecule has 24 heteroatoms. The monoisotopic (exact) mass is 1430 g/mol. The summed E-state index contributed by atoms with van der Waals surface area (Å²) in [4.78, 5) is 83.8. The van der Waals surface area contributed by atoms with Gasteiger partial charge in [0.25, 0.3) is 11.5 Å². The molecular weight excluding hydrogens is 1350 g/mol. The van der Waals surface area contributed by atoms with E-state index in [1.165, 1.54) is 60.0 Å². The SMILES string of the molecule is Br.Br.CCN(CC)CCN(CCNCCc1ccc(O)c2[nH]c(=O)sc12)C(=O)CCOCCc1cccc2ccccc12.O=C(NC1CCC(n2c(=O)c3cc(F)cnc3n(-c3cccc(-c4ccc(CN5CCNCC5)cc4)c3)c2=O)CC1)c1cn2cc(F)ccc2n1. The molecule has 5 aromatic carbocycles. The lowest BCUT2D eigenvalue weighted by molar-refractivity contribution is -0.132. The van der Waals surface area contributed by atoms with E-state index in [-0.39, 0.29) is 79.2 Å². The van der Waals surface area contributed by atoms with Gasteiger partial charge in [-0.3, -0.25) is 28.6 Å². The van der Waals surface area contributed by atoms with Crippen molar-refractivity contribution in [1.29, 1.82) is 0 Å². The summed E-state index contributed by atoms with van der Waals surface area (Å²) in [7, 11) is 0. The van der Waals surface area contributed by atoms with Gasteiger partial charge in [0, 0.05) is 83.4 Å². The van der Waals surface area contributed by atoms with Crippen LogP contribution in [0.4, 0.5) is 8.78 Å². The standard InChI is InChI=1S/C38H36F2N8O3.C32H42N4O4S.2BrH/c39-27-8-13-34-44-33(23-46(34)22-27)36(49)43-29-9-11-30(12-10-29)48-37(50)32-19-28(40)20-42-35(32)47(38(48)51)31-3-1-2-26(18-31)25-6-4-24(5-7-25)21-45-16-14-41-15-17-45;1-3-35(4-2)20-21-36(19-18-33-17-14-26-12-13-28(37)30-31(26)41-32(39)34-30)29(38)16-23-40-22-15-25-10-7-9-24-8-5-6-11-27(24)25;;/h1-8,13,18-20,22-23,29-30,41H,9-12,14-17,21H2,(H,43,49);5-13,33,37H,3-4,14-23H2,1-2H3,(H,34,39);2*1H. The number of aromatic hydroxyl groups is 1. The van der Waals surface area contributed by atoms with Crippen molar-refractivity contribution in [2.75, 3.05) is 85.2 Å². The molecule has 0 bridgehead atoms. The van der Waals surface area contributed by atoms with Crippen molar-refractivity contribution in [2.45, 2.75) is 77.4 Å². The van der Waals surface area contributed by atoms with Gasteiger partial charge in [-0.05, 0) is 133 Å². The molecule has 6 heterocycles. The second-order valence-corrected chi connectivity index (χ2v) is 24.4. The number of hydrogen-bond acceptors (Lipinski definition) is 14. The average molecular weight is 1430 g/mol. The van der Waals surface area contributed by atoms with E-state index in [2.05, 4.69) is 121 Å². The van der Waals surface area contributed by atoms with Gasteiger partial charge in [-0.1, -0.05) is 110 Å². The molecule has 19 nitrogen and oxygen atoms in total. The number of aromatic nitrogens is 6. The van der Waals surface area contributed by atoms with Gasteiger partial charge in [-0.15, -0.1) is 34.0 Å². The number of phenolic OH excluding ortho intramolecular Hbond substituents is 1. The molecule has 0 radical (unpaired) electrons. The largest absolute Gasteiger partial charge is 0.506 e. The Bertz CT molecular complexity index is 4390. The van der Waals surface area contributed by atoms with Crippen molar-refractivity contribution in [1.82, 2.24) is 59.1 Å². The zero-order chi connectivity index (χ0) is 64.1. The van der Waals surface area contributed by atoms with E-state index >= 15 is 0 Å². The van der Waals surface area contributed by atoms with Crippen LogP contribution in [0.5, 0.6) is 5.75 Å². The average Bonchev–Trinajstić information content (AvgIpc) is 1.04. The van der Waals surface area contributed by atoms with Crippen LogP contribution in [0.3, 0.4) is 0 Å². The maximum Gasteiger partial charge on any atom is 0.337 e. The van der Waals surface area contributed by atoms with E-state index in [4.69, 9.17) is 4.74 Å². The summed E-state index contributed by atoms with van der Waals surface area (Å²) < 4.78 is 38.9. The lowest BCUT2D eigenvalue weighted by Gasteiger charge is -2.30. The molecule has 0 atom stereocenters. The summed E-state index contributed by atoms with van der Waals surface area (Å²) in [5.41, 5.74) is 5.92. The van der Waals surface area contributed by atoms with Crippen LogP contribution < -0.4 is 32.1 Å². The van der Waals surface area contributed by atoms with E-state index in [1.807, 2.05) is 29.2 Å². The van der Waals surface area contributed by atoms with Crippen molar-refractivity contribution >= 4 is 94.8 Å². The molecule has 5 N–H and O–H groups in total. The first-order chi connectivity index (χ1) is 44.8. The third kappa shape index (κ3) is 17.4. The van der Waals surface area contributed by atoms with Crippen molar-refractivity contribution in [3.63, 3.8) is 0 Å². The molecule has 0 unspecified atom stereocenters. The Balaban J connectivity index is 0.000000222. The van der Waals surface area contributed by atoms with Gasteiger partial charge in [-0.25, -0.2) is 28.1 Å². The minimum Gasteiger partial charge on any atom is -0.506 e. The summed E-state index contributed by atoms with van der Waals surface area (Å²) in [5.74, 6) is -1.29. The maximum absolute atomic E-state index is 14.5. The number of nitrogens with zero attached hydrogens (tertiary/aromatic N) is 8. The molecule has 2 amide bonds. The van der Waals surface area contributed by atoms with Gasteiger partial charge >= 0.3 is 10.6 Å². The Labute approximate surface area is 568 Å². The highest BCUT2D eigenvalue weighted by molar-refractivity contribution is 8.93. The number of nitrogens with one attached hydrogen (secondary N) is 4. The third-order valence-corrected chi connectivity index (χ3v) is 18.5. The lowest BCUT2D eigenvalue weighted by atomic mass is 9.90. The molecule has 496 valence electrons. The lowest BCUT2D eigenvalue weighted by Crippen LogP contribution is -2.45. The summed E-state index contributed by atoms with van der Waals surface area (Å²) in [6.07, 6.45) is 7.53. The molecule has 1 aliphatic heterocycles. The van der Waals surface area contributed by atoms with Gasteiger partial charge in [0.15, 0.2) is 5.65 Å². The number of fused-ring (bicyclic) bond motifs is 4. The number of amides is 2. The molecule has 1 saturated heterocycles. The van der Waals surface area contributed by atoms with Crippen LogP contribution in [0.1, 0.15) is 79.2 Å². The molecule has 94 heavy (non-hydrogen) atoms. The first-order valence-electron chi connectivity index (χ1n) is 31.8. The first-order valence-corrected chi connectivity index (χ1v) is 32.6. The van der Waals surface area contributed by atoms with Crippen LogP contribution >= 0.6 is 45.3 Å². The molecule has 12 rings (SSSR count). The molecule has 5 aromatic heterocycles. The van der Waals surface area contributed by atoms with Gasteiger partial charge in [0.05, 0.1) is 41.6 Å². The number of ether oxygens (including phenoxy) is 1. The number of rotatable bonds is 24. The van der Waals surface area contributed by atoms with E-state index in [0.29, 0.717) is 88.3 Å². The highest BCUT2D eigenvalue weighted by Crippen LogP contribution is 2.31. The molecule has 1 aliphatic carbocycles.